The fraction of sp³-hybridized carbons (Fsp3) is 0.579. The monoisotopic (exact) mass is 432 g/mol. The van der Waals surface area contributed by atoms with Crippen LogP contribution in [-0.2, 0) is 14.3 Å². The number of piperazine rings is 1. The second-order valence-electron chi connectivity index (χ2n) is 7.00. The third kappa shape index (κ3) is 6.32. The van der Waals surface area contributed by atoms with Gasteiger partial charge >= 0.3 is 0 Å². The number of carbonyl (C=O) groups is 2. The summed E-state index contributed by atoms with van der Waals surface area (Å²) in [7, 11) is 0. The van der Waals surface area contributed by atoms with E-state index in [-0.39, 0.29) is 42.7 Å². The standard InChI is InChI=1S/C19H28N4O3.2ClH/c1-14-4-3-5-15(2)18(14)21-17(24)12-22-7-9-23(10-8-22)19(25)16-13-26-11-6-20-16;;/h3-5,16,20H,6-13H2,1-2H3,(H,21,24);2*1H. The first kappa shape index (κ1) is 24.7. The number of morpholine rings is 1. The summed E-state index contributed by atoms with van der Waals surface area (Å²) in [6.45, 7) is 8.87. The van der Waals surface area contributed by atoms with Crippen molar-refractivity contribution in [3.8, 4) is 0 Å². The SMILES string of the molecule is Cc1cccc(C)c1NC(=O)CN1CCN(C(=O)C2COCCN2)CC1.Cl.Cl. The van der Waals surface area contributed by atoms with Crippen molar-refractivity contribution < 1.29 is 14.3 Å². The van der Waals surface area contributed by atoms with Crippen LogP contribution in [0.15, 0.2) is 18.2 Å². The Morgan fingerprint density at radius 2 is 1.79 bits per heavy atom. The van der Waals surface area contributed by atoms with Gasteiger partial charge in [0.05, 0.1) is 19.8 Å². The molecule has 7 nitrogen and oxygen atoms in total. The first-order chi connectivity index (χ1) is 12.5. The van der Waals surface area contributed by atoms with Gasteiger partial charge in [-0.05, 0) is 25.0 Å². The molecule has 0 radical (unpaired) electrons. The van der Waals surface area contributed by atoms with Gasteiger partial charge < -0.3 is 20.3 Å². The van der Waals surface area contributed by atoms with E-state index in [4.69, 9.17) is 4.74 Å². The quantitative estimate of drug-likeness (QED) is 0.747. The van der Waals surface area contributed by atoms with Gasteiger partial charge in [-0.3, -0.25) is 14.5 Å². The minimum atomic E-state index is -0.234. The number of hydrogen-bond donors (Lipinski definition) is 2. The molecule has 0 aromatic heterocycles. The zero-order valence-electron chi connectivity index (χ0n) is 16.4. The molecule has 1 aromatic rings. The van der Waals surface area contributed by atoms with Gasteiger partial charge in [0.25, 0.3) is 0 Å². The maximum Gasteiger partial charge on any atom is 0.242 e. The number of halogens is 2. The summed E-state index contributed by atoms with van der Waals surface area (Å²) in [6.07, 6.45) is 0. The molecule has 2 amide bonds. The van der Waals surface area contributed by atoms with E-state index in [2.05, 4.69) is 15.5 Å². The average molecular weight is 433 g/mol. The highest BCUT2D eigenvalue weighted by Gasteiger charge is 2.29. The molecule has 1 unspecified atom stereocenters. The number of nitrogens with zero attached hydrogens (tertiary/aromatic N) is 2. The molecule has 0 aliphatic carbocycles. The molecule has 28 heavy (non-hydrogen) atoms. The lowest BCUT2D eigenvalue weighted by Crippen LogP contribution is -2.57. The molecule has 0 spiro atoms. The predicted octanol–water partition coefficient (Wildman–Crippen LogP) is 1.22. The fourth-order valence-electron chi connectivity index (χ4n) is 3.46. The highest BCUT2D eigenvalue weighted by molar-refractivity contribution is 5.93. The molecule has 158 valence electrons. The number of ether oxygens (including phenoxy) is 1. The largest absolute Gasteiger partial charge is 0.378 e. The van der Waals surface area contributed by atoms with E-state index in [0.29, 0.717) is 45.9 Å². The molecule has 2 aliphatic rings. The van der Waals surface area contributed by atoms with Gasteiger partial charge in [0.15, 0.2) is 0 Å². The van der Waals surface area contributed by atoms with Crippen molar-refractivity contribution in [2.24, 2.45) is 0 Å². The highest BCUT2D eigenvalue weighted by Crippen LogP contribution is 2.19. The van der Waals surface area contributed by atoms with Crippen LogP contribution in [0.2, 0.25) is 0 Å². The summed E-state index contributed by atoms with van der Waals surface area (Å²) >= 11 is 0. The fourth-order valence-corrected chi connectivity index (χ4v) is 3.46. The summed E-state index contributed by atoms with van der Waals surface area (Å²) < 4.78 is 5.37. The van der Waals surface area contributed by atoms with E-state index < -0.39 is 0 Å². The Bertz CT molecular complexity index is 640. The van der Waals surface area contributed by atoms with Crippen LogP contribution in [0.25, 0.3) is 0 Å². The predicted molar refractivity (Wildman–Crippen MR) is 115 cm³/mol. The summed E-state index contributed by atoms with van der Waals surface area (Å²) in [5, 5.41) is 6.23. The zero-order valence-corrected chi connectivity index (χ0v) is 18.0. The van der Waals surface area contributed by atoms with E-state index in [0.717, 1.165) is 23.4 Å². The Hall–Kier alpha value is -1.38. The Morgan fingerprint density at radius 1 is 1.14 bits per heavy atom. The van der Waals surface area contributed by atoms with Gasteiger partial charge in [-0.25, -0.2) is 0 Å². The van der Waals surface area contributed by atoms with Crippen LogP contribution in [0.3, 0.4) is 0 Å². The van der Waals surface area contributed by atoms with E-state index in [9.17, 15) is 9.59 Å². The number of rotatable bonds is 4. The smallest absolute Gasteiger partial charge is 0.242 e. The van der Waals surface area contributed by atoms with Crippen molar-refractivity contribution in [3.05, 3.63) is 29.3 Å². The molecule has 9 heteroatoms. The van der Waals surface area contributed by atoms with Crippen LogP contribution in [0.4, 0.5) is 5.69 Å². The molecule has 2 fully saturated rings. The number of hydrogen-bond acceptors (Lipinski definition) is 5. The summed E-state index contributed by atoms with van der Waals surface area (Å²) in [5.74, 6) is 0.0915. The molecule has 0 bridgehead atoms. The molecule has 2 saturated heterocycles. The maximum atomic E-state index is 12.5. The van der Waals surface area contributed by atoms with Gasteiger partial charge in [0, 0.05) is 38.4 Å². The van der Waals surface area contributed by atoms with Gasteiger partial charge in [0.2, 0.25) is 11.8 Å². The third-order valence-corrected chi connectivity index (χ3v) is 5.02. The maximum absolute atomic E-state index is 12.5. The van der Waals surface area contributed by atoms with Gasteiger partial charge in [0.1, 0.15) is 6.04 Å². The average Bonchev–Trinajstić information content (AvgIpc) is 2.66. The topological polar surface area (TPSA) is 73.9 Å². The number of benzene rings is 1. The summed E-state index contributed by atoms with van der Waals surface area (Å²) in [6, 6.07) is 5.75. The number of nitrogens with one attached hydrogen (secondary N) is 2. The Labute approximate surface area is 179 Å². The van der Waals surface area contributed by atoms with Crippen molar-refractivity contribution in [2.45, 2.75) is 19.9 Å². The first-order valence-corrected chi connectivity index (χ1v) is 9.23. The molecular weight excluding hydrogens is 403 g/mol. The normalized spacial score (nSPS) is 19.9. The number of anilines is 1. The van der Waals surface area contributed by atoms with Crippen LogP contribution in [0.1, 0.15) is 11.1 Å². The molecular formula is C19H30Cl2N4O3. The van der Waals surface area contributed by atoms with Crippen LogP contribution >= 0.6 is 24.8 Å². The Kier molecular flexibility index (Phi) is 10.2. The van der Waals surface area contributed by atoms with E-state index >= 15 is 0 Å². The first-order valence-electron chi connectivity index (χ1n) is 9.23. The minimum absolute atomic E-state index is 0. The third-order valence-electron chi connectivity index (χ3n) is 5.02. The molecule has 1 atom stereocenters. The minimum Gasteiger partial charge on any atom is -0.378 e. The molecule has 0 saturated carbocycles. The zero-order chi connectivity index (χ0) is 18.5. The second kappa shape index (κ2) is 11.6. The lowest BCUT2D eigenvalue weighted by atomic mass is 10.1. The van der Waals surface area contributed by atoms with E-state index in [1.807, 2.05) is 36.9 Å². The molecule has 2 N–H and O–H groups in total. The van der Waals surface area contributed by atoms with Gasteiger partial charge in [-0.15, -0.1) is 24.8 Å². The molecule has 3 rings (SSSR count). The summed E-state index contributed by atoms with van der Waals surface area (Å²) in [4.78, 5) is 28.8. The Morgan fingerprint density at radius 3 is 2.36 bits per heavy atom. The lowest BCUT2D eigenvalue weighted by Gasteiger charge is -2.37. The molecule has 1 aromatic carbocycles. The van der Waals surface area contributed by atoms with Crippen molar-refractivity contribution in [3.63, 3.8) is 0 Å². The number of amides is 2. The van der Waals surface area contributed by atoms with Gasteiger partial charge in [-0.2, -0.15) is 0 Å². The second-order valence-corrected chi connectivity index (χ2v) is 7.00. The molecule has 2 aliphatic heterocycles. The number of para-hydroxylation sites is 1. The lowest BCUT2D eigenvalue weighted by molar-refractivity contribution is -0.138. The Balaban J connectivity index is 0.00000196. The van der Waals surface area contributed by atoms with Crippen molar-refractivity contribution in [1.29, 1.82) is 0 Å². The molecule has 2 heterocycles. The van der Waals surface area contributed by atoms with Crippen molar-refractivity contribution in [2.75, 3.05) is 57.8 Å². The highest BCUT2D eigenvalue weighted by atomic mass is 35.5. The van der Waals surface area contributed by atoms with Crippen molar-refractivity contribution >= 4 is 42.3 Å². The van der Waals surface area contributed by atoms with E-state index in [1.165, 1.54) is 0 Å². The van der Waals surface area contributed by atoms with Crippen LogP contribution in [0, 0.1) is 13.8 Å². The van der Waals surface area contributed by atoms with Crippen LogP contribution < -0.4 is 10.6 Å². The number of carbonyl (C=O) groups excluding carboxylic acids is 2. The van der Waals surface area contributed by atoms with Crippen molar-refractivity contribution in [1.82, 2.24) is 15.1 Å². The van der Waals surface area contributed by atoms with Crippen LogP contribution in [0.5, 0.6) is 0 Å². The van der Waals surface area contributed by atoms with Crippen LogP contribution in [-0.4, -0.2) is 80.1 Å². The summed E-state index contributed by atoms with van der Waals surface area (Å²) in [5.41, 5.74) is 3.03. The number of aryl methyl sites for hydroxylation is 2. The van der Waals surface area contributed by atoms with Gasteiger partial charge in [-0.1, -0.05) is 18.2 Å². The van der Waals surface area contributed by atoms with E-state index in [1.54, 1.807) is 0 Å².